The van der Waals surface area contributed by atoms with Gasteiger partial charge in [0.1, 0.15) is 5.82 Å². The van der Waals surface area contributed by atoms with Gasteiger partial charge in [-0.3, -0.25) is 14.5 Å². The number of piperidine rings is 2. The van der Waals surface area contributed by atoms with Crippen LogP contribution in [0.2, 0.25) is 0 Å². The summed E-state index contributed by atoms with van der Waals surface area (Å²) in [6, 6.07) is 16.3. The number of hydrogen-bond acceptors (Lipinski definition) is 3. The summed E-state index contributed by atoms with van der Waals surface area (Å²) in [6.45, 7) is 0.772. The third-order valence-electron chi connectivity index (χ3n) is 6.23. The molecule has 2 atom stereocenters. The summed E-state index contributed by atoms with van der Waals surface area (Å²) in [5, 5.41) is 6.14. The fraction of sp³-hybridized carbons (Fsp3) is 0.417. The van der Waals surface area contributed by atoms with Crippen LogP contribution < -0.4 is 10.6 Å². The Morgan fingerprint density at radius 2 is 1.63 bits per heavy atom. The molecule has 2 amide bonds. The van der Waals surface area contributed by atoms with E-state index in [0.29, 0.717) is 30.7 Å². The minimum Gasteiger partial charge on any atom is -0.351 e. The van der Waals surface area contributed by atoms with Crippen molar-refractivity contribution < 1.29 is 14.0 Å². The Hall–Kier alpha value is -2.73. The molecule has 2 aromatic rings. The van der Waals surface area contributed by atoms with Crippen LogP contribution in [0.4, 0.5) is 4.39 Å². The Balaban J connectivity index is 1.30. The molecule has 2 heterocycles. The zero-order valence-electron chi connectivity index (χ0n) is 17.0. The molecule has 2 bridgehead atoms. The van der Waals surface area contributed by atoms with Gasteiger partial charge in [0, 0.05) is 30.2 Å². The molecule has 4 rings (SSSR count). The Morgan fingerprint density at radius 1 is 0.967 bits per heavy atom. The molecule has 0 aromatic heterocycles. The minimum absolute atomic E-state index is 0.0111. The zero-order valence-corrected chi connectivity index (χ0v) is 17.0. The highest BCUT2D eigenvalue weighted by Gasteiger charge is 2.39. The highest BCUT2D eigenvalue weighted by Crippen LogP contribution is 2.34. The molecule has 5 nitrogen and oxygen atoms in total. The molecule has 2 aromatic carbocycles. The van der Waals surface area contributed by atoms with Crippen molar-refractivity contribution in [3.8, 4) is 0 Å². The maximum absolute atomic E-state index is 13.0. The summed E-state index contributed by atoms with van der Waals surface area (Å²) in [5.74, 6) is -0.313. The smallest absolute Gasteiger partial charge is 0.251 e. The summed E-state index contributed by atoms with van der Waals surface area (Å²) in [5.41, 5.74) is 1.57. The molecule has 2 aliphatic heterocycles. The van der Waals surface area contributed by atoms with Crippen LogP contribution in [-0.2, 0) is 11.3 Å². The molecule has 0 saturated carbocycles. The lowest BCUT2D eigenvalue weighted by molar-refractivity contribution is -0.125. The van der Waals surface area contributed by atoms with Crippen molar-refractivity contribution in [1.29, 1.82) is 0 Å². The van der Waals surface area contributed by atoms with Crippen molar-refractivity contribution in [1.82, 2.24) is 15.5 Å². The van der Waals surface area contributed by atoms with Crippen LogP contribution >= 0.6 is 0 Å². The molecule has 0 unspecified atom stereocenters. The average Bonchev–Trinajstić information content (AvgIpc) is 2.74. The van der Waals surface area contributed by atoms with Gasteiger partial charge in [-0.15, -0.1) is 0 Å². The molecule has 0 aliphatic carbocycles. The highest BCUT2D eigenvalue weighted by atomic mass is 19.1. The Kier molecular flexibility index (Phi) is 6.43. The number of carbonyl (C=O) groups is 2. The lowest BCUT2D eigenvalue weighted by Gasteiger charge is -2.48. The van der Waals surface area contributed by atoms with Crippen LogP contribution in [0.3, 0.4) is 0 Å². The first kappa shape index (κ1) is 20.5. The first-order valence-electron chi connectivity index (χ1n) is 10.7. The summed E-state index contributed by atoms with van der Waals surface area (Å²) >= 11 is 0. The highest BCUT2D eigenvalue weighted by molar-refractivity contribution is 5.94. The van der Waals surface area contributed by atoms with Gasteiger partial charge in [0.25, 0.3) is 5.91 Å². The van der Waals surface area contributed by atoms with Gasteiger partial charge >= 0.3 is 0 Å². The van der Waals surface area contributed by atoms with E-state index in [1.165, 1.54) is 18.6 Å². The van der Waals surface area contributed by atoms with Crippen LogP contribution in [0, 0.1) is 5.82 Å². The van der Waals surface area contributed by atoms with E-state index >= 15 is 0 Å². The summed E-state index contributed by atoms with van der Waals surface area (Å²) < 4.78 is 13.0. The molecule has 0 spiro atoms. The second kappa shape index (κ2) is 9.39. The van der Waals surface area contributed by atoms with Crippen LogP contribution in [-0.4, -0.2) is 41.4 Å². The van der Waals surface area contributed by atoms with E-state index in [-0.39, 0.29) is 23.7 Å². The summed E-state index contributed by atoms with van der Waals surface area (Å²) in [4.78, 5) is 27.4. The molecular formula is C24H28FN3O2. The predicted octanol–water partition coefficient (Wildman–Crippen LogP) is 3.26. The van der Waals surface area contributed by atoms with E-state index in [4.69, 9.17) is 0 Å². The van der Waals surface area contributed by atoms with Crippen molar-refractivity contribution in [3.63, 3.8) is 0 Å². The number of nitrogens with one attached hydrogen (secondary N) is 2. The van der Waals surface area contributed by atoms with Crippen LogP contribution in [0.25, 0.3) is 0 Å². The molecule has 0 radical (unpaired) electrons. The number of amides is 2. The van der Waals surface area contributed by atoms with E-state index in [1.54, 1.807) is 12.1 Å². The number of carbonyl (C=O) groups excluding carboxylic acids is 2. The summed E-state index contributed by atoms with van der Waals surface area (Å²) in [7, 11) is 0. The Bertz CT molecular complexity index is 858. The molecule has 2 aliphatic rings. The normalized spacial score (nSPS) is 23.6. The second-order valence-corrected chi connectivity index (χ2v) is 8.32. The van der Waals surface area contributed by atoms with E-state index in [2.05, 4.69) is 15.5 Å². The Labute approximate surface area is 176 Å². The lowest BCUT2D eigenvalue weighted by Crippen LogP contribution is -2.58. The monoisotopic (exact) mass is 409 g/mol. The molecule has 158 valence electrons. The predicted molar refractivity (Wildman–Crippen MR) is 113 cm³/mol. The van der Waals surface area contributed by atoms with Gasteiger partial charge in [0.05, 0.1) is 6.54 Å². The average molecular weight is 410 g/mol. The number of halogens is 1. The van der Waals surface area contributed by atoms with E-state index in [1.807, 2.05) is 30.3 Å². The zero-order chi connectivity index (χ0) is 20.9. The summed E-state index contributed by atoms with van der Waals surface area (Å²) in [6.07, 6.45) is 5.03. The van der Waals surface area contributed by atoms with Gasteiger partial charge in [0.2, 0.25) is 5.91 Å². The molecular weight excluding hydrogens is 381 g/mol. The minimum atomic E-state index is -0.278. The van der Waals surface area contributed by atoms with Crippen LogP contribution in [0.1, 0.15) is 48.0 Å². The van der Waals surface area contributed by atoms with Crippen LogP contribution in [0.5, 0.6) is 0 Å². The van der Waals surface area contributed by atoms with Crippen molar-refractivity contribution in [2.24, 2.45) is 0 Å². The first-order valence-corrected chi connectivity index (χ1v) is 10.7. The van der Waals surface area contributed by atoms with E-state index in [0.717, 1.165) is 31.2 Å². The standard InChI is InChI=1S/C24H28FN3O2/c25-19-11-9-17(10-12-19)15-26-23(29)16-28-21-7-4-8-22(28)14-20(13-21)27-24(30)18-5-2-1-3-6-18/h1-3,5-6,9-12,20-22H,4,7-8,13-16H2,(H,26,29)(H,27,30)/t21-,22-/m1/s1. The fourth-order valence-electron chi connectivity index (χ4n) is 4.74. The van der Waals surface area contributed by atoms with Gasteiger partial charge in [0.15, 0.2) is 0 Å². The number of fused-ring (bicyclic) bond motifs is 2. The first-order chi connectivity index (χ1) is 14.6. The third kappa shape index (κ3) is 5.05. The van der Waals surface area contributed by atoms with E-state index in [9.17, 15) is 14.0 Å². The quantitative estimate of drug-likeness (QED) is 0.770. The van der Waals surface area contributed by atoms with Gasteiger partial charge in [-0.2, -0.15) is 0 Å². The topological polar surface area (TPSA) is 61.4 Å². The van der Waals surface area contributed by atoms with Crippen LogP contribution in [0.15, 0.2) is 54.6 Å². The van der Waals surface area contributed by atoms with Gasteiger partial charge < -0.3 is 10.6 Å². The maximum Gasteiger partial charge on any atom is 0.251 e. The number of hydrogen-bond donors (Lipinski definition) is 2. The molecule has 2 saturated heterocycles. The molecule has 2 fully saturated rings. The maximum atomic E-state index is 13.0. The lowest BCUT2D eigenvalue weighted by atomic mass is 9.81. The van der Waals surface area contributed by atoms with Gasteiger partial charge in [-0.25, -0.2) is 4.39 Å². The third-order valence-corrected chi connectivity index (χ3v) is 6.23. The van der Waals surface area contributed by atoms with Crippen molar-refractivity contribution >= 4 is 11.8 Å². The van der Waals surface area contributed by atoms with Crippen molar-refractivity contribution in [2.45, 2.75) is 56.8 Å². The number of rotatable bonds is 6. The SMILES string of the molecule is O=C(CN1[C@@H]2CCC[C@@H]1CC(NC(=O)c1ccccc1)C2)NCc1ccc(F)cc1. The largest absolute Gasteiger partial charge is 0.351 e. The van der Waals surface area contributed by atoms with Crippen molar-refractivity contribution in [2.75, 3.05) is 6.54 Å². The number of benzene rings is 2. The van der Waals surface area contributed by atoms with Gasteiger partial charge in [-0.1, -0.05) is 36.8 Å². The molecule has 6 heteroatoms. The number of nitrogens with zero attached hydrogens (tertiary/aromatic N) is 1. The van der Waals surface area contributed by atoms with E-state index < -0.39 is 0 Å². The fourth-order valence-corrected chi connectivity index (χ4v) is 4.74. The molecule has 2 N–H and O–H groups in total. The Morgan fingerprint density at radius 3 is 2.30 bits per heavy atom. The van der Waals surface area contributed by atoms with Gasteiger partial charge in [-0.05, 0) is 55.5 Å². The molecule has 30 heavy (non-hydrogen) atoms. The van der Waals surface area contributed by atoms with Crippen molar-refractivity contribution in [3.05, 3.63) is 71.5 Å². The second-order valence-electron chi connectivity index (χ2n) is 8.32.